The molecule has 0 aromatic rings. The van der Waals surface area contributed by atoms with Gasteiger partial charge in [-0.25, -0.2) is 0 Å². The molecule has 0 aromatic heterocycles. The quantitative estimate of drug-likeness (QED) is 0.549. The maximum Gasteiger partial charge on any atom is 0.273 e. The Morgan fingerprint density at radius 1 is 1.80 bits per heavy atom. The summed E-state index contributed by atoms with van der Waals surface area (Å²) in [5.41, 5.74) is 4.34. The van der Waals surface area contributed by atoms with Gasteiger partial charge in [-0.1, -0.05) is 12.6 Å². The Morgan fingerprint density at radius 3 is 1.80 bits per heavy atom. The smallest absolute Gasteiger partial charge is 0.273 e. The predicted molar refractivity (Wildman–Crippen MR) is 18.6 cm³/mol. The number of nitrogens with two attached hydrogens (primary N) is 1. The van der Waals surface area contributed by atoms with Gasteiger partial charge >= 0.3 is 0 Å². The third kappa shape index (κ3) is 44.3. The van der Waals surface area contributed by atoms with Gasteiger partial charge in [0.1, 0.15) is 0 Å². The molecule has 0 bridgehead atoms. The summed E-state index contributed by atoms with van der Waals surface area (Å²) in [6, 6.07) is 0. The van der Waals surface area contributed by atoms with Crippen LogP contribution in [0.1, 0.15) is 0 Å². The van der Waals surface area contributed by atoms with E-state index in [1.54, 1.807) is 0 Å². The van der Waals surface area contributed by atoms with Crippen LogP contribution in [0.15, 0.2) is 0 Å². The Bertz CT molecular complexity index is 34.6. The molecule has 27 valence electrons. The Morgan fingerprint density at radius 2 is 1.80 bits per heavy atom. The van der Waals surface area contributed by atoms with Crippen molar-refractivity contribution in [2.24, 2.45) is 5.73 Å². The Labute approximate surface area is 63.5 Å². The van der Waals surface area contributed by atoms with Gasteiger partial charge in [0.25, 0.3) is 5.24 Å². The molecule has 0 aliphatic heterocycles. The van der Waals surface area contributed by atoms with Crippen LogP contribution < -0.4 is 5.73 Å². The van der Waals surface area contributed by atoms with Gasteiger partial charge in [-0.2, -0.15) is 0 Å². The maximum absolute atomic E-state index is 9.09. The van der Waals surface area contributed by atoms with Crippen LogP contribution in [0.2, 0.25) is 0 Å². The van der Waals surface area contributed by atoms with E-state index in [0.717, 1.165) is 0 Å². The molecule has 2 nitrogen and oxygen atoms in total. The number of thiol groups is 1. The molecule has 1 radical (unpaired) electrons. The molecule has 0 spiro atoms. The molecule has 0 unspecified atom stereocenters. The molecule has 5 heavy (non-hydrogen) atoms. The first-order chi connectivity index (χ1) is 1.73. The normalized spacial score (nSPS) is 5.00. The largest absolute Gasteiger partial charge is 0.361 e. The molecule has 0 aliphatic rings. The zero-order valence-corrected chi connectivity index (χ0v) is 7.03. The van der Waals surface area contributed by atoms with E-state index in [2.05, 4.69) is 18.4 Å². The topological polar surface area (TPSA) is 43.1 Å². The molecule has 0 atom stereocenters. The van der Waals surface area contributed by atoms with Crippen LogP contribution in [0, 0.1) is 35.6 Å². The van der Waals surface area contributed by atoms with Gasteiger partial charge in [0.15, 0.2) is 0 Å². The van der Waals surface area contributed by atoms with E-state index in [0.29, 0.717) is 0 Å². The average molecular weight is 216 g/mol. The number of amides is 1. The SMILES string of the molecule is NC(=O)S.[La]. The number of carbonyl (C=O) groups is 1. The minimum Gasteiger partial charge on any atom is -0.361 e. The number of carbonyl (C=O) groups excluding carboxylic acids is 1. The predicted octanol–water partition coefficient (Wildman–Crippen LogP) is -0.00510. The first-order valence-corrected chi connectivity index (χ1v) is 1.16. The van der Waals surface area contributed by atoms with Crippen molar-refractivity contribution in [2.45, 2.75) is 0 Å². The summed E-state index contributed by atoms with van der Waals surface area (Å²) in [7, 11) is 0. The van der Waals surface area contributed by atoms with Gasteiger partial charge in [-0.05, 0) is 0 Å². The molecular formula is CH3LaNOS. The summed E-state index contributed by atoms with van der Waals surface area (Å²) in [5, 5.41) is -0.639. The van der Waals surface area contributed by atoms with E-state index in [1.165, 1.54) is 0 Å². The molecular weight excluding hydrogens is 213 g/mol. The molecule has 0 saturated carbocycles. The van der Waals surface area contributed by atoms with Crippen molar-refractivity contribution in [1.29, 1.82) is 0 Å². The average Bonchev–Trinajstić information content (AvgIpc) is 0.811. The zero-order valence-electron chi connectivity index (χ0n) is 2.51. The van der Waals surface area contributed by atoms with Crippen LogP contribution in [0.4, 0.5) is 4.79 Å². The first-order valence-electron chi connectivity index (χ1n) is 0.716. The molecule has 0 aliphatic carbocycles. The molecule has 0 fully saturated rings. The van der Waals surface area contributed by atoms with Crippen molar-refractivity contribution in [1.82, 2.24) is 0 Å². The summed E-state index contributed by atoms with van der Waals surface area (Å²) < 4.78 is 0. The molecule has 0 rings (SSSR count). The minimum absolute atomic E-state index is 0. The first kappa shape index (κ1) is 9.38. The van der Waals surface area contributed by atoms with E-state index < -0.39 is 5.24 Å². The van der Waals surface area contributed by atoms with Crippen LogP contribution in [0.25, 0.3) is 0 Å². The summed E-state index contributed by atoms with van der Waals surface area (Å²) in [4.78, 5) is 9.09. The summed E-state index contributed by atoms with van der Waals surface area (Å²) in [6.45, 7) is 0. The van der Waals surface area contributed by atoms with E-state index in [-0.39, 0.29) is 35.6 Å². The van der Waals surface area contributed by atoms with Crippen molar-refractivity contribution in [3.05, 3.63) is 0 Å². The number of hydrogen-bond donors (Lipinski definition) is 2. The number of primary amides is 1. The van der Waals surface area contributed by atoms with Gasteiger partial charge in [0, 0.05) is 35.6 Å². The maximum atomic E-state index is 9.09. The van der Waals surface area contributed by atoms with Gasteiger partial charge < -0.3 is 5.73 Å². The Kier molecular flexibility index (Phi) is 9.41. The molecule has 0 saturated heterocycles. The van der Waals surface area contributed by atoms with E-state index in [9.17, 15) is 0 Å². The second kappa shape index (κ2) is 5.01. The van der Waals surface area contributed by atoms with Crippen molar-refractivity contribution in [3.8, 4) is 0 Å². The fraction of sp³-hybridized carbons (Fsp3) is 0. The van der Waals surface area contributed by atoms with Crippen LogP contribution in [-0.2, 0) is 0 Å². The van der Waals surface area contributed by atoms with E-state index in [4.69, 9.17) is 4.79 Å². The zero-order chi connectivity index (χ0) is 3.58. The second-order valence-electron chi connectivity index (χ2n) is 0.338. The van der Waals surface area contributed by atoms with Crippen LogP contribution in [-0.4, -0.2) is 5.24 Å². The molecule has 0 aromatic carbocycles. The molecule has 2 N–H and O–H groups in total. The van der Waals surface area contributed by atoms with Crippen LogP contribution in [0.5, 0.6) is 0 Å². The molecule has 1 amide bonds. The van der Waals surface area contributed by atoms with E-state index in [1.807, 2.05) is 0 Å². The number of rotatable bonds is 0. The van der Waals surface area contributed by atoms with Crippen molar-refractivity contribution >= 4 is 17.9 Å². The van der Waals surface area contributed by atoms with Gasteiger partial charge in [-0.3, -0.25) is 4.79 Å². The third-order valence-corrected chi connectivity index (χ3v) is 0. The minimum atomic E-state index is -0.639. The van der Waals surface area contributed by atoms with Gasteiger partial charge in [0.05, 0.1) is 0 Å². The summed E-state index contributed by atoms with van der Waals surface area (Å²) in [6.07, 6.45) is 0. The fourth-order valence-corrected chi connectivity index (χ4v) is 0. The van der Waals surface area contributed by atoms with Crippen molar-refractivity contribution < 1.29 is 40.4 Å². The van der Waals surface area contributed by atoms with E-state index >= 15 is 0 Å². The van der Waals surface area contributed by atoms with Gasteiger partial charge in [0.2, 0.25) is 0 Å². The molecule has 4 heteroatoms. The Hall–Kier alpha value is 1.01. The third-order valence-electron chi connectivity index (χ3n) is 0. The van der Waals surface area contributed by atoms with Crippen molar-refractivity contribution in [3.63, 3.8) is 0 Å². The van der Waals surface area contributed by atoms with Crippen LogP contribution >= 0.6 is 12.6 Å². The van der Waals surface area contributed by atoms with Gasteiger partial charge in [-0.15, -0.1) is 0 Å². The van der Waals surface area contributed by atoms with Crippen molar-refractivity contribution in [2.75, 3.05) is 0 Å². The summed E-state index contributed by atoms with van der Waals surface area (Å²) in [5.74, 6) is 0. The monoisotopic (exact) mass is 216 g/mol. The fourth-order valence-electron chi connectivity index (χ4n) is 0. The number of hydrogen-bond acceptors (Lipinski definition) is 1. The standard InChI is InChI=1S/CH3NOS.La/c2-1(3)4;/h(H3,2,3,4);. The van der Waals surface area contributed by atoms with Crippen LogP contribution in [0.3, 0.4) is 0 Å². The Balaban J connectivity index is 0. The summed E-state index contributed by atoms with van der Waals surface area (Å²) >= 11 is 3.10. The second-order valence-corrected chi connectivity index (χ2v) is 0.779. The molecule has 0 heterocycles.